The average Bonchev–Trinajstić information content (AvgIpc) is 3.23. The fraction of sp³-hybridized carbons (Fsp3) is 0.211. The normalized spacial score (nSPS) is 15.9. The van der Waals surface area contributed by atoms with E-state index in [9.17, 15) is 13.2 Å². The topological polar surface area (TPSA) is 12.9 Å². The Bertz CT molecular complexity index is 960. The van der Waals surface area contributed by atoms with Gasteiger partial charge in [-0.3, -0.25) is 0 Å². The summed E-state index contributed by atoms with van der Waals surface area (Å²) in [6, 6.07) is 10.5. The molecule has 0 aliphatic heterocycles. The van der Waals surface area contributed by atoms with E-state index in [0.29, 0.717) is 21.3 Å². The lowest BCUT2D eigenvalue weighted by Crippen LogP contribution is -2.09. The van der Waals surface area contributed by atoms with Crippen molar-refractivity contribution in [2.75, 3.05) is 0 Å². The van der Waals surface area contributed by atoms with Crippen LogP contribution in [0.5, 0.6) is 0 Å². The molecule has 1 aromatic heterocycles. The van der Waals surface area contributed by atoms with Gasteiger partial charge < -0.3 is 0 Å². The molecule has 0 saturated heterocycles. The van der Waals surface area contributed by atoms with Gasteiger partial charge in [0.2, 0.25) is 0 Å². The van der Waals surface area contributed by atoms with Gasteiger partial charge in [0.15, 0.2) is 0 Å². The van der Waals surface area contributed by atoms with Crippen LogP contribution in [0.4, 0.5) is 13.2 Å². The molecule has 0 N–H and O–H groups in total. The van der Waals surface area contributed by atoms with Gasteiger partial charge in [0.05, 0.1) is 11.3 Å². The summed E-state index contributed by atoms with van der Waals surface area (Å²) in [5.41, 5.74) is 1.46. The first-order valence-electron chi connectivity index (χ1n) is 7.89. The second-order valence-corrected chi connectivity index (χ2v) is 8.02. The maximum absolute atomic E-state index is 12.7. The maximum Gasteiger partial charge on any atom is 0.416 e. The van der Waals surface area contributed by atoms with Gasteiger partial charge >= 0.3 is 6.18 Å². The summed E-state index contributed by atoms with van der Waals surface area (Å²) in [6.45, 7) is 0. The predicted molar refractivity (Wildman–Crippen MR) is 99.0 cm³/mol. The van der Waals surface area contributed by atoms with Gasteiger partial charge in [0.25, 0.3) is 0 Å². The smallest absolute Gasteiger partial charge is 0.240 e. The third kappa shape index (κ3) is 3.13. The lowest BCUT2D eigenvalue weighted by Gasteiger charge is -2.14. The molecule has 1 aliphatic rings. The molecule has 0 atom stereocenters. The molecule has 3 aromatic rings. The van der Waals surface area contributed by atoms with Crippen LogP contribution in [-0.2, 0) is 11.6 Å². The minimum atomic E-state index is -4.34. The molecule has 0 bridgehead atoms. The number of rotatable bonds is 3. The highest BCUT2D eigenvalue weighted by Gasteiger charge is 2.49. The van der Waals surface area contributed by atoms with E-state index in [1.165, 1.54) is 23.5 Å². The molecule has 0 spiro atoms. The first-order valence-corrected chi connectivity index (χ1v) is 9.52. The fourth-order valence-electron chi connectivity index (χ4n) is 3.06. The van der Waals surface area contributed by atoms with Crippen LogP contribution in [0.3, 0.4) is 0 Å². The van der Waals surface area contributed by atoms with Crippen molar-refractivity contribution in [3.05, 3.63) is 74.0 Å². The predicted octanol–water partition coefficient (Wildman–Crippen LogP) is 7.22. The Morgan fingerprint density at radius 3 is 2.27 bits per heavy atom. The zero-order valence-electron chi connectivity index (χ0n) is 13.3. The van der Waals surface area contributed by atoms with Crippen molar-refractivity contribution in [1.29, 1.82) is 0 Å². The quantitative estimate of drug-likeness (QED) is 0.441. The van der Waals surface area contributed by atoms with Crippen molar-refractivity contribution < 1.29 is 13.2 Å². The first-order chi connectivity index (χ1) is 12.3. The Labute approximate surface area is 162 Å². The highest BCUT2D eigenvalue weighted by molar-refractivity contribution is 7.10. The number of aromatic nitrogens is 1. The van der Waals surface area contributed by atoms with Gasteiger partial charge in [-0.05, 0) is 42.7 Å². The third-order valence-corrected chi connectivity index (χ3v) is 6.21. The van der Waals surface area contributed by atoms with E-state index in [1.807, 2.05) is 17.5 Å². The summed E-state index contributed by atoms with van der Waals surface area (Å²) in [6.07, 6.45) is -2.46. The van der Waals surface area contributed by atoms with Crippen molar-refractivity contribution in [3.63, 3.8) is 0 Å². The summed E-state index contributed by atoms with van der Waals surface area (Å²) in [5, 5.41) is 4.00. The van der Waals surface area contributed by atoms with Gasteiger partial charge in [-0.15, -0.1) is 11.3 Å². The summed E-state index contributed by atoms with van der Waals surface area (Å²) < 4.78 is 38.1. The van der Waals surface area contributed by atoms with Gasteiger partial charge in [0.1, 0.15) is 5.01 Å². The second kappa shape index (κ2) is 6.25. The molecule has 1 nitrogen and oxygen atoms in total. The number of alkyl halides is 3. The standard InChI is InChI=1S/C19H12Cl2F3NS/c20-13-5-6-14(15(21)9-13)18(7-8-18)17-25-16(10-26-17)11-1-3-12(4-2-11)19(22,23)24/h1-6,9-10H,7-8H2. The Balaban J connectivity index is 1.66. The second-order valence-electron chi connectivity index (χ2n) is 6.32. The van der Waals surface area contributed by atoms with Crippen molar-refractivity contribution >= 4 is 34.5 Å². The van der Waals surface area contributed by atoms with E-state index in [4.69, 9.17) is 28.2 Å². The van der Waals surface area contributed by atoms with Crippen molar-refractivity contribution in [3.8, 4) is 11.3 Å². The van der Waals surface area contributed by atoms with Crippen LogP contribution in [0, 0.1) is 0 Å². The minimum Gasteiger partial charge on any atom is -0.240 e. The summed E-state index contributed by atoms with van der Waals surface area (Å²) >= 11 is 13.9. The molecule has 1 heterocycles. The zero-order chi connectivity index (χ0) is 18.5. The minimum absolute atomic E-state index is 0.212. The molecule has 4 rings (SSSR count). The average molecular weight is 414 g/mol. The fourth-order valence-corrected chi connectivity index (χ4v) is 4.75. The molecule has 26 heavy (non-hydrogen) atoms. The van der Waals surface area contributed by atoms with E-state index in [-0.39, 0.29) is 5.41 Å². The van der Waals surface area contributed by atoms with Crippen LogP contribution in [0.2, 0.25) is 10.0 Å². The Morgan fingerprint density at radius 1 is 1.00 bits per heavy atom. The molecule has 1 fully saturated rings. The third-order valence-electron chi connectivity index (χ3n) is 4.62. The zero-order valence-corrected chi connectivity index (χ0v) is 15.6. The molecule has 0 amide bonds. The SMILES string of the molecule is FC(F)(F)c1ccc(-c2csc(C3(c4ccc(Cl)cc4Cl)CC3)n2)cc1. The molecule has 1 aliphatic carbocycles. The molecule has 0 unspecified atom stereocenters. The number of hydrogen-bond acceptors (Lipinski definition) is 2. The van der Waals surface area contributed by atoms with E-state index in [2.05, 4.69) is 0 Å². The van der Waals surface area contributed by atoms with Gasteiger partial charge in [0, 0.05) is 26.4 Å². The van der Waals surface area contributed by atoms with Crippen molar-refractivity contribution in [2.45, 2.75) is 24.4 Å². The molecule has 1 saturated carbocycles. The van der Waals surface area contributed by atoms with Crippen LogP contribution in [0.25, 0.3) is 11.3 Å². The highest BCUT2D eigenvalue weighted by atomic mass is 35.5. The van der Waals surface area contributed by atoms with Crippen LogP contribution in [-0.4, -0.2) is 4.98 Å². The van der Waals surface area contributed by atoms with Crippen LogP contribution >= 0.6 is 34.5 Å². The van der Waals surface area contributed by atoms with E-state index >= 15 is 0 Å². The molecular weight excluding hydrogens is 402 g/mol. The Kier molecular flexibility index (Phi) is 4.29. The first kappa shape index (κ1) is 17.8. The lowest BCUT2D eigenvalue weighted by atomic mass is 9.96. The van der Waals surface area contributed by atoms with E-state index < -0.39 is 11.7 Å². The van der Waals surface area contributed by atoms with Gasteiger partial charge in [-0.2, -0.15) is 13.2 Å². The molecule has 0 radical (unpaired) electrons. The van der Waals surface area contributed by atoms with E-state index in [0.717, 1.165) is 35.5 Å². The van der Waals surface area contributed by atoms with Crippen LogP contribution in [0.1, 0.15) is 29.0 Å². The van der Waals surface area contributed by atoms with Gasteiger partial charge in [-0.1, -0.05) is 41.4 Å². The molecule has 2 aromatic carbocycles. The Hall–Kier alpha value is -1.56. The summed E-state index contributed by atoms with van der Waals surface area (Å²) in [4.78, 5) is 4.69. The number of halogens is 5. The molecular formula is C19H12Cl2F3NS. The summed E-state index contributed by atoms with van der Waals surface area (Å²) in [5.74, 6) is 0. The monoisotopic (exact) mass is 413 g/mol. The van der Waals surface area contributed by atoms with Crippen LogP contribution in [0.15, 0.2) is 47.8 Å². The largest absolute Gasteiger partial charge is 0.416 e. The van der Waals surface area contributed by atoms with Gasteiger partial charge in [-0.25, -0.2) is 4.98 Å². The van der Waals surface area contributed by atoms with Crippen molar-refractivity contribution in [2.24, 2.45) is 0 Å². The molecule has 7 heteroatoms. The van der Waals surface area contributed by atoms with Crippen molar-refractivity contribution in [1.82, 2.24) is 4.98 Å². The number of thiazole rings is 1. The maximum atomic E-state index is 12.7. The lowest BCUT2D eigenvalue weighted by molar-refractivity contribution is -0.137. The number of hydrogen-bond donors (Lipinski definition) is 0. The van der Waals surface area contributed by atoms with E-state index in [1.54, 1.807) is 6.07 Å². The summed E-state index contributed by atoms with van der Waals surface area (Å²) in [7, 11) is 0. The van der Waals surface area contributed by atoms with Crippen LogP contribution < -0.4 is 0 Å². The molecule has 134 valence electrons. The number of benzene rings is 2. The highest BCUT2D eigenvalue weighted by Crippen LogP contribution is 2.56. The number of nitrogens with zero attached hydrogens (tertiary/aromatic N) is 1. The Morgan fingerprint density at radius 2 is 1.69 bits per heavy atom.